The van der Waals surface area contributed by atoms with Crippen LogP contribution >= 0.6 is 0 Å². The minimum Gasteiger partial charge on any atom is -0.508 e. The van der Waals surface area contributed by atoms with Crippen molar-refractivity contribution in [1.82, 2.24) is 0 Å². The first-order valence-electron chi connectivity index (χ1n) is 6.09. The van der Waals surface area contributed by atoms with Crippen molar-refractivity contribution in [3.8, 4) is 11.5 Å². The Morgan fingerprint density at radius 3 is 1.80 bits per heavy atom. The van der Waals surface area contributed by atoms with Crippen LogP contribution in [-0.2, 0) is 0 Å². The molecule has 0 radical (unpaired) electrons. The maximum absolute atomic E-state index is 12.0. The minimum atomic E-state index is -0.272. The molecule has 0 bridgehead atoms. The van der Waals surface area contributed by atoms with Crippen LogP contribution in [0.2, 0.25) is 0 Å². The van der Waals surface area contributed by atoms with Crippen molar-refractivity contribution < 1.29 is 19.4 Å². The van der Waals surface area contributed by atoms with Crippen molar-refractivity contribution in [2.45, 2.75) is 6.42 Å². The van der Waals surface area contributed by atoms with Crippen molar-refractivity contribution >= 4 is 11.6 Å². The summed E-state index contributed by atoms with van der Waals surface area (Å²) in [5.74, 6) is 0.228. The second kappa shape index (κ2) is 6.02. The van der Waals surface area contributed by atoms with E-state index >= 15 is 0 Å². The van der Waals surface area contributed by atoms with E-state index in [2.05, 4.69) is 0 Å². The van der Waals surface area contributed by atoms with Gasteiger partial charge in [-0.15, -0.1) is 0 Å². The Hall–Kier alpha value is -2.62. The summed E-state index contributed by atoms with van der Waals surface area (Å²) in [6, 6.07) is 12.5. The van der Waals surface area contributed by atoms with Gasteiger partial charge in [0.25, 0.3) is 0 Å². The molecule has 0 aliphatic carbocycles. The number of phenolic OH excluding ortho intramolecular Hbond substituents is 1. The third kappa shape index (κ3) is 3.23. The standard InChI is InChI=1S/C16H14O4/c1-20-14-8-4-12(5-9-14)16(19)10-15(18)11-2-6-13(17)7-3-11/h2-9,17H,10H2,1H3. The Balaban J connectivity index is 2.06. The molecule has 0 saturated heterocycles. The van der Waals surface area contributed by atoms with Crippen LogP contribution in [0.25, 0.3) is 0 Å². The number of rotatable bonds is 5. The predicted molar refractivity (Wildman–Crippen MR) is 74.4 cm³/mol. The van der Waals surface area contributed by atoms with Crippen LogP contribution in [0.3, 0.4) is 0 Å². The lowest BCUT2D eigenvalue weighted by molar-refractivity contribution is 0.0894. The largest absolute Gasteiger partial charge is 0.508 e. The van der Waals surface area contributed by atoms with Crippen molar-refractivity contribution in [1.29, 1.82) is 0 Å². The molecule has 0 spiro atoms. The summed E-state index contributed by atoms with van der Waals surface area (Å²) in [6.45, 7) is 0. The highest BCUT2D eigenvalue weighted by Gasteiger charge is 2.13. The number of phenols is 1. The van der Waals surface area contributed by atoms with Gasteiger partial charge in [-0.1, -0.05) is 0 Å². The molecule has 0 fully saturated rings. The van der Waals surface area contributed by atoms with E-state index in [1.165, 1.54) is 24.3 Å². The van der Waals surface area contributed by atoms with Gasteiger partial charge in [-0.3, -0.25) is 9.59 Å². The van der Waals surface area contributed by atoms with E-state index in [4.69, 9.17) is 9.84 Å². The molecule has 0 aliphatic heterocycles. The number of ether oxygens (including phenoxy) is 1. The highest BCUT2D eigenvalue weighted by atomic mass is 16.5. The molecule has 2 aromatic rings. The first-order valence-corrected chi connectivity index (χ1v) is 6.09. The molecule has 0 aromatic heterocycles. The molecule has 0 saturated carbocycles. The van der Waals surface area contributed by atoms with Crippen LogP contribution < -0.4 is 4.74 Å². The van der Waals surface area contributed by atoms with Gasteiger partial charge >= 0.3 is 0 Å². The summed E-state index contributed by atoms with van der Waals surface area (Å²) in [4.78, 5) is 23.9. The fourth-order valence-corrected chi connectivity index (χ4v) is 1.77. The average molecular weight is 270 g/mol. The number of methoxy groups -OCH3 is 1. The molecule has 4 heteroatoms. The van der Waals surface area contributed by atoms with Crippen LogP contribution in [-0.4, -0.2) is 23.8 Å². The molecule has 0 unspecified atom stereocenters. The van der Waals surface area contributed by atoms with Gasteiger partial charge < -0.3 is 9.84 Å². The molecule has 2 aromatic carbocycles. The number of aromatic hydroxyl groups is 1. The molecule has 1 N–H and O–H groups in total. The topological polar surface area (TPSA) is 63.6 Å². The number of Topliss-reactive ketones (excluding diaryl/α,β-unsaturated/α-hetero) is 2. The summed E-state index contributed by atoms with van der Waals surface area (Å²) in [6.07, 6.45) is -0.197. The Kier molecular flexibility index (Phi) is 4.15. The molecule has 0 atom stereocenters. The number of ketones is 2. The highest BCUT2D eigenvalue weighted by molar-refractivity contribution is 6.13. The van der Waals surface area contributed by atoms with Crippen LogP contribution in [0.15, 0.2) is 48.5 Å². The van der Waals surface area contributed by atoms with Crippen molar-refractivity contribution in [3.05, 3.63) is 59.7 Å². The van der Waals surface area contributed by atoms with E-state index in [0.29, 0.717) is 16.9 Å². The van der Waals surface area contributed by atoms with Gasteiger partial charge in [-0.25, -0.2) is 0 Å². The molecular formula is C16H14O4. The maximum Gasteiger partial charge on any atom is 0.170 e. The lowest BCUT2D eigenvalue weighted by atomic mass is 10.0. The quantitative estimate of drug-likeness (QED) is 0.670. The second-order valence-corrected chi connectivity index (χ2v) is 4.30. The van der Waals surface area contributed by atoms with Crippen molar-refractivity contribution in [2.75, 3.05) is 7.11 Å². The van der Waals surface area contributed by atoms with Gasteiger partial charge in [-0.05, 0) is 48.5 Å². The van der Waals surface area contributed by atoms with Gasteiger partial charge in [0.05, 0.1) is 13.5 Å². The molecule has 0 heterocycles. The van der Waals surface area contributed by atoms with E-state index in [0.717, 1.165) is 0 Å². The highest BCUT2D eigenvalue weighted by Crippen LogP contribution is 2.15. The third-order valence-corrected chi connectivity index (χ3v) is 2.92. The maximum atomic E-state index is 12.0. The van der Waals surface area contributed by atoms with Crippen molar-refractivity contribution in [3.63, 3.8) is 0 Å². The van der Waals surface area contributed by atoms with Gasteiger partial charge in [0.1, 0.15) is 11.5 Å². The molecule has 0 amide bonds. The molecule has 102 valence electrons. The monoisotopic (exact) mass is 270 g/mol. The smallest absolute Gasteiger partial charge is 0.170 e. The molecule has 2 rings (SSSR count). The first kappa shape index (κ1) is 13.8. The number of benzene rings is 2. The summed E-state index contributed by atoms with van der Waals surface area (Å²) in [7, 11) is 1.55. The number of hydrogen-bond acceptors (Lipinski definition) is 4. The molecule has 0 aliphatic rings. The van der Waals surface area contributed by atoms with Crippen LogP contribution in [0, 0.1) is 0 Å². The van der Waals surface area contributed by atoms with E-state index in [1.807, 2.05) is 0 Å². The van der Waals surface area contributed by atoms with E-state index in [-0.39, 0.29) is 23.7 Å². The van der Waals surface area contributed by atoms with E-state index in [1.54, 1.807) is 31.4 Å². The fourth-order valence-electron chi connectivity index (χ4n) is 1.77. The summed E-state index contributed by atoms with van der Waals surface area (Å²) in [5.41, 5.74) is 0.877. The van der Waals surface area contributed by atoms with Gasteiger partial charge in [-0.2, -0.15) is 0 Å². The van der Waals surface area contributed by atoms with E-state index in [9.17, 15) is 9.59 Å². The summed E-state index contributed by atoms with van der Waals surface area (Å²) in [5, 5.41) is 9.16. The predicted octanol–water partition coefficient (Wildman–Crippen LogP) is 2.86. The second-order valence-electron chi connectivity index (χ2n) is 4.30. The Bertz CT molecular complexity index is 612. The number of hydrogen-bond donors (Lipinski definition) is 1. The summed E-state index contributed by atoms with van der Waals surface area (Å²) < 4.78 is 5.01. The Morgan fingerprint density at radius 1 is 0.900 bits per heavy atom. The SMILES string of the molecule is COc1ccc(C(=O)CC(=O)c2ccc(O)cc2)cc1. The minimum absolute atomic E-state index is 0.0861. The zero-order chi connectivity index (χ0) is 14.5. The number of carbonyl (C=O) groups excluding carboxylic acids is 2. The fraction of sp³-hybridized carbons (Fsp3) is 0.125. The first-order chi connectivity index (χ1) is 9.60. The lowest BCUT2D eigenvalue weighted by Crippen LogP contribution is -2.08. The third-order valence-electron chi connectivity index (χ3n) is 2.92. The van der Waals surface area contributed by atoms with Crippen LogP contribution in [0.1, 0.15) is 27.1 Å². The Labute approximate surface area is 116 Å². The lowest BCUT2D eigenvalue weighted by Gasteiger charge is -2.03. The average Bonchev–Trinajstić information content (AvgIpc) is 2.48. The zero-order valence-electron chi connectivity index (χ0n) is 11.0. The molecular weight excluding hydrogens is 256 g/mol. The van der Waals surface area contributed by atoms with E-state index < -0.39 is 0 Å². The normalized spacial score (nSPS) is 10.1. The van der Waals surface area contributed by atoms with Crippen LogP contribution in [0.5, 0.6) is 11.5 Å². The van der Waals surface area contributed by atoms with Crippen LogP contribution in [0.4, 0.5) is 0 Å². The van der Waals surface area contributed by atoms with Gasteiger partial charge in [0.15, 0.2) is 11.6 Å². The summed E-state index contributed by atoms with van der Waals surface area (Å²) >= 11 is 0. The van der Waals surface area contributed by atoms with Gasteiger partial charge in [0, 0.05) is 11.1 Å². The molecule has 4 nitrogen and oxygen atoms in total. The van der Waals surface area contributed by atoms with Gasteiger partial charge in [0.2, 0.25) is 0 Å². The zero-order valence-corrected chi connectivity index (χ0v) is 11.0. The number of carbonyl (C=O) groups is 2. The van der Waals surface area contributed by atoms with Crippen molar-refractivity contribution in [2.24, 2.45) is 0 Å². The Morgan fingerprint density at radius 2 is 1.35 bits per heavy atom. The molecule has 20 heavy (non-hydrogen) atoms.